The Bertz CT molecular complexity index is 1040. The van der Waals surface area contributed by atoms with Crippen molar-refractivity contribution in [2.75, 3.05) is 0 Å². The number of rotatable bonds is 3. The van der Waals surface area contributed by atoms with Crippen molar-refractivity contribution in [1.82, 2.24) is 9.03 Å². The van der Waals surface area contributed by atoms with Gasteiger partial charge >= 0.3 is 5.97 Å². The topological polar surface area (TPSA) is 69.3 Å². The highest BCUT2D eigenvalue weighted by molar-refractivity contribution is 5.89. The van der Waals surface area contributed by atoms with Crippen molar-refractivity contribution in [2.24, 2.45) is 0 Å². The fourth-order valence-electron chi connectivity index (χ4n) is 2.74. The summed E-state index contributed by atoms with van der Waals surface area (Å²) in [5.74, 6) is -0.468. The van der Waals surface area contributed by atoms with Crippen LogP contribution in [-0.4, -0.2) is 15.0 Å². The maximum Gasteiger partial charge on any atom is 0.338 e. The molecule has 0 atom stereocenters. The molecule has 124 valence electrons. The molecular weight excluding hydrogens is 308 g/mol. The molecule has 0 aliphatic carbocycles. The van der Waals surface area contributed by atoms with Gasteiger partial charge in [-0.05, 0) is 39.8 Å². The van der Waals surface area contributed by atoms with E-state index in [1.54, 1.807) is 32.9 Å². The van der Waals surface area contributed by atoms with Gasteiger partial charge in [0.25, 0.3) is 11.1 Å². The Morgan fingerprint density at radius 2 is 1.50 bits per heavy atom. The number of aryl methyl sites for hydroxylation is 2. The third kappa shape index (κ3) is 2.31. The maximum absolute atomic E-state index is 12.3. The molecule has 0 saturated heterocycles. The van der Waals surface area contributed by atoms with Gasteiger partial charge in [-0.15, -0.1) is 0 Å². The van der Waals surface area contributed by atoms with Gasteiger partial charge in [-0.25, -0.2) is 9.31 Å². The van der Waals surface area contributed by atoms with Gasteiger partial charge in [-0.1, -0.05) is 17.7 Å². The van der Waals surface area contributed by atoms with E-state index in [9.17, 15) is 14.4 Å². The second-order valence-corrected chi connectivity index (χ2v) is 5.96. The predicted molar refractivity (Wildman–Crippen MR) is 89.1 cm³/mol. The number of benzene rings is 1. The average Bonchev–Trinajstić information content (AvgIpc) is 2.94. The summed E-state index contributed by atoms with van der Waals surface area (Å²) in [6.45, 7) is 6.93. The third-order valence-electron chi connectivity index (χ3n) is 4.40. The van der Waals surface area contributed by atoms with Crippen molar-refractivity contribution in [3.05, 3.63) is 78.6 Å². The number of fused-ring (bicyclic) bond motifs is 1. The molecule has 3 aromatic rings. The zero-order valence-corrected chi connectivity index (χ0v) is 14.0. The lowest BCUT2D eigenvalue weighted by molar-refractivity contribution is 0.0465. The van der Waals surface area contributed by atoms with Crippen LogP contribution >= 0.6 is 0 Å². The molecule has 6 heteroatoms. The van der Waals surface area contributed by atoms with Crippen molar-refractivity contribution >= 4 is 5.97 Å². The van der Waals surface area contributed by atoms with E-state index in [2.05, 4.69) is 0 Å². The maximum atomic E-state index is 12.3. The van der Waals surface area contributed by atoms with Crippen LogP contribution < -0.4 is 11.1 Å². The van der Waals surface area contributed by atoms with E-state index >= 15 is 0 Å². The molecule has 1 aromatic carbocycles. The first kappa shape index (κ1) is 16.0. The second-order valence-electron chi connectivity index (χ2n) is 5.96. The summed E-state index contributed by atoms with van der Waals surface area (Å²) in [4.78, 5) is 36.6. The number of carbonyl (C=O) groups excluding carboxylic acids is 1. The lowest BCUT2D eigenvalue weighted by Crippen LogP contribution is -2.23. The normalized spacial score (nSPS) is 11.2. The van der Waals surface area contributed by atoms with Gasteiger partial charge < -0.3 is 4.74 Å². The molecule has 0 bridgehead atoms. The Labute approximate surface area is 138 Å². The number of ether oxygens (including phenoxy) is 1. The highest BCUT2D eigenvalue weighted by Crippen LogP contribution is 2.12. The number of carbonyl (C=O) groups is 1. The number of aromatic nitrogens is 2. The summed E-state index contributed by atoms with van der Waals surface area (Å²) >= 11 is 0. The van der Waals surface area contributed by atoms with Gasteiger partial charge in [0.1, 0.15) is 6.61 Å². The highest BCUT2D eigenvalue weighted by Gasteiger charge is 2.21. The Morgan fingerprint density at radius 3 is 2.12 bits per heavy atom. The standard InChI is InChI=1S/C18H18N2O4/c1-10-5-7-14(8-6-10)18(23)24-9-15-12(3)17(22)20-16(21)11(2)13(4)19(15)20/h5-8H,9H2,1-4H3. The van der Waals surface area contributed by atoms with Crippen molar-refractivity contribution < 1.29 is 9.53 Å². The number of esters is 1. The Hall–Kier alpha value is -2.89. The predicted octanol–water partition coefficient (Wildman–Crippen LogP) is 1.79. The van der Waals surface area contributed by atoms with Gasteiger partial charge in [0.2, 0.25) is 0 Å². The SMILES string of the molecule is Cc1ccc(C(=O)OCc2c(C)c(=O)n3c(=O)c(C)c(C)n23)cc1. The lowest BCUT2D eigenvalue weighted by Gasteiger charge is -2.06. The van der Waals surface area contributed by atoms with Crippen LogP contribution in [0.15, 0.2) is 33.9 Å². The average molecular weight is 326 g/mol. The Kier molecular flexibility index (Phi) is 3.75. The number of nitrogens with zero attached hydrogens (tertiary/aromatic N) is 2. The first-order chi connectivity index (χ1) is 11.3. The quantitative estimate of drug-likeness (QED) is 0.688. The summed E-state index contributed by atoms with van der Waals surface area (Å²) in [6.07, 6.45) is 0. The molecule has 2 heterocycles. The highest BCUT2D eigenvalue weighted by atomic mass is 16.5. The molecule has 24 heavy (non-hydrogen) atoms. The van der Waals surface area contributed by atoms with E-state index in [0.717, 1.165) is 10.1 Å². The fraction of sp³-hybridized carbons (Fsp3) is 0.278. The first-order valence-corrected chi connectivity index (χ1v) is 7.62. The van der Waals surface area contributed by atoms with Crippen LogP contribution in [0.3, 0.4) is 0 Å². The van der Waals surface area contributed by atoms with Crippen LogP contribution in [0.4, 0.5) is 0 Å². The summed E-state index contributed by atoms with van der Waals surface area (Å²) in [6, 6.07) is 7.05. The summed E-state index contributed by atoms with van der Waals surface area (Å²) in [5, 5.41) is 0. The number of hydrogen-bond acceptors (Lipinski definition) is 4. The fourth-order valence-corrected chi connectivity index (χ4v) is 2.74. The third-order valence-corrected chi connectivity index (χ3v) is 4.40. The molecule has 0 radical (unpaired) electrons. The van der Waals surface area contributed by atoms with Gasteiger partial charge in [0, 0.05) is 16.8 Å². The van der Waals surface area contributed by atoms with Crippen LogP contribution in [0.2, 0.25) is 0 Å². The van der Waals surface area contributed by atoms with Gasteiger partial charge in [-0.3, -0.25) is 9.59 Å². The van der Waals surface area contributed by atoms with E-state index in [4.69, 9.17) is 4.74 Å². The molecule has 0 aliphatic heterocycles. The minimum absolute atomic E-state index is 0.0708. The first-order valence-electron chi connectivity index (χ1n) is 7.62. The van der Waals surface area contributed by atoms with E-state index in [1.807, 2.05) is 19.1 Å². The second kappa shape index (κ2) is 5.63. The van der Waals surface area contributed by atoms with Crippen LogP contribution in [0.5, 0.6) is 0 Å². The largest absolute Gasteiger partial charge is 0.456 e. The molecule has 0 amide bonds. The molecule has 2 aromatic heterocycles. The summed E-state index contributed by atoms with van der Waals surface area (Å²) < 4.78 is 7.98. The zero-order valence-electron chi connectivity index (χ0n) is 14.0. The minimum atomic E-state index is -0.468. The van der Waals surface area contributed by atoms with Gasteiger partial charge in [0.05, 0.1) is 11.3 Å². The van der Waals surface area contributed by atoms with E-state index in [1.165, 1.54) is 4.52 Å². The molecule has 0 spiro atoms. The molecule has 3 rings (SSSR count). The molecule has 0 unspecified atom stereocenters. The lowest BCUT2D eigenvalue weighted by atomic mass is 10.1. The van der Waals surface area contributed by atoms with E-state index in [0.29, 0.717) is 28.1 Å². The molecule has 0 aliphatic rings. The van der Waals surface area contributed by atoms with Crippen molar-refractivity contribution in [2.45, 2.75) is 34.3 Å². The van der Waals surface area contributed by atoms with Crippen LogP contribution in [0.1, 0.15) is 38.4 Å². The number of hydrogen-bond donors (Lipinski definition) is 0. The summed E-state index contributed by atoms with van der Waals surface area (Å²) in [5.41, 5.74) is 2.89. The van der Waals surface area contributed by atoms with Crippen LogP contribution in [0, 0.1) is 27.7 Å². The van der Waals surface area contributed by atoms with Gasteiger partial charge in [-0.2, -0.15) is 4.52 Å². The van der Waals surface area contributed by atoms with Crippen molar-refractivity contribution in [3.63, 3.8) is 0 Å². The zero-order chi connectivity index (χ0) is 17.6. The monoisotopic (exact) mass is 326 g/mol. The Balaban J connectivity index is 1.96. The molecule has 0 fully saturated rings. The van der Waals surface area contributed by atoms with Crippen LogP contribution in [-0.2, 0) is 11.3 Å². The molecule has 6 nitrogen and oxygen atoms in total. The van der Waals surface area contributed by atoms with E-state index in [-0.39, 0.29) is 17.7 Å². The molecule has 0 N–H and O–H groups in total. The van der Waals surface area contributed by atoms with E-state index < -0.39 is 5.97 Å². The van der Waals surface area contributed by atoms with Crippen molar-refractivity contribution in [3.8, 4) is 0 Å². The van der Waals surface area contributed by atoms with Crippen LogP contribution in [0.25, 0.3) is 0 Å². The Morgan fingerprint density at radius 1 is 0.917 bits per heavy atom. The minimum Gasteiger partial charge on any atom is -0.456 e. The smallest absolute Gasteiger partial charge is 0.338 e. The molecular formula is C18H18N2O4. The van der Waals surface area contributed by atoms with Gasteiger partial charge in [0.15, 0.2) is 0 Å². The molecule has 0 saturated carbocycles. The summed E-state index contributed by atoms with van der Waals surface area (Å²) in [7, 11) is 0. The van der Waals surface area contributed by atoms with Crippen molar-refractivity contribution in [1.29, 1.82) is 0 Å².